The van der Waals surface area contributed by atoms with E-state index in [9.17, 15) is 5.11 Å². The third-order valence-electron chi connectivity index (χ3n) is 2.62. The van der Waals surface area contributed by atoms with Gasteiger partial charge in [0.05, 0.1) is 30.8 Å². The van der Waals surface area contributed by atoms with Crippen molar-refractivity contribution in [2.75, 3.05) is 13.2 Å². The maximum absolute atomic E-state index is 10.1. The summed E-state index contributed by atoms with van der Waals surface area (Å²) in [5.74, 6) is 0. The molecule has 0 bridgehead atoms. The third kappa shape index (κ3) is 5.12. The lowest BCUT2D eigenvalue weighted by Gasteiger charge is -2.23. The first-order chi connectivity index (χ1) is 8.54. The van der Waals surface area contributed by atoms with Gasteiger partial charge in [-0.2, -0.15) is 0 Å². The Bertz CT molecular complexity index is 358. The fraction of sp³-hybridized carbons (Fsp3) is 0.538. The van der Waals surface area contributed by atoms with E-state index in [-0.39, 0.29) is 24.7 Å². The van der Waals surface area contributed by atoms with Crippen LogP contribution >= 0.6 is 23.2 Å². The molecule has 2 unspecified atom stereocenters. The maximum atomic E-state index is 10.1. The lowest BCUT2D eigenvalue weighted by molar-refractivity contribution is -0.00212. The van der Waals surface area contributed by atoms with E-state index in [1.54, 1.807) is 31.2 Å². The highest BCUT2D eigenvalue weighted by molar-refractivity contribution is 6.30. The van der Waals surface area contributed by atoms with Crippen molar-refractivity contribution in [1.82, 2.24) is 0 Å². The summed E-state index contributed by atoms with van der Waals surface area (Å²) in [4.78, 5) is 0. The first kappa shape index (κ1) is 15.7. The Morgan fingerprint density at radius 2 is 2.11 bits per heavy atom. The fourth-order valence-electron chi connectivity index (χ4n) is 1.66. The number of hydrogen-bond acceptors (Lipinski definition) is 3. The quantitative estimate of drug-likeness (QED) is 0.760. The molecule has 18 heavy (non-hydrogen) atoms. The van der Waals surface area contributed by atoms with Crippen LogP contribution in [-0.4, -0.2) is 34.9 Å². The zero-order valence-electron chi connectivity index (χ0n) is 10.2. The third-order valence-corrected chi connectivity index (χ3v) is 3.14. The van der Waals surface area contributed by atoms with E-state index in [1.807, 2.05) is 0 Å². The fourth-order valence-corrected chi connectivity index (χ4v) is 2.04. The molecule has 0 fully saturated rings. The molecule has 5 heteroatoms. The van der Waals surface area contributed by atoms with Crippen LogP contribution in [0.4, 0.5) is 0 Å². The average Bonchev–Trinajstić information content (AvgIpc) is 2.33. The molecule has 0 aliphatic carbocycles. The topological polar surface area (TPSA) is 49.7 Å². The van der Waals surface area contributed by atoms with E-state index in [2.05, 4.69) is 0 Å². The van der Waals surface area contributed by atoms with Gasteiger partial charge in [0.2, 0.25) is 0 Å². The van der Waals surface area contributed by atoms with Crippen molar-refractivity contribution < 1.29 is 14.9 Å². The minimum Gasteiger partial charge on any atom is -0.394 e. The number of rotatable bonds is 7. The second kappa shape index (κ2) is 7.97. The van der Waals surface area contributed by atoms with Gasteiger partial charge in [0.15, 0.2) is 0 Å². The molecule has 0 amide bonds. The van der Waals surface area contributed by atoms with Crippen LogP contribution in [0, 0.1) is 0 Å². The lowest BCUT2D eigenvalue weighted by atomic mass is 10.0. The molecule has 3 atom stereocenters. The second-order valence-corrected chi connectivity index (χ2v) is 5.24. The normalized spacial score (nSPS) is 16.3. The second-order valence-electron chi connectivity index (χ2n) is 4.12. The summed E-state index contributed by atoms with van der Waals surface area (Å²) in [5.41, 5.74) is 0.734. The molecule has 102 valence electrons. The summed E-state index contributed by atoms with van der Waals surface area (Å²) < 4.78 is 5.40. The van der Waals surface area contributed by atoms with Crippen molar-refractivity contribution in [3.63, 3.8) is 0 Å². The van der Waals surface area contributed by atoms with E-state index in [0.29, 0.717) is 11.4 Å². The Labute approximate surface area is 117 Å². The summed E-state index contributed by atoms with van der Waals surface area (Å²) >= 11 is 11.9. The molecule has 0 heterocycles. The van der Waals surface area contributed by atoms with Crippen LogP contribution in [0.5, 0.6) is 0 Å². The molecule has 0 aromatic heterocycles. The number of alkyl halides is 1. The summed E-state index contributed by atoms with van der Waals surface area (Å²) in [6.07, 6.45) is -0.633. The van der Waals surface area contributed by atoms with Crippen molar-refractivity contribution in [2.24, 2.45) is 0 Å². The Kier molecular flexibility index (Phi) is 6.97. The summed E-state index contributed by atoms with van der Waals surface area (Å²) in [5, 5.41) is 19.2. The molecule has 2 N–H and O–H groups in total. The molecule has 0 saturated heterocycles. The van der Waals surface area contributed by atoms with Crippen LogP contribution in [0.15, 0.2) is 24.3 Å². The van der Waals surface area contributed by atoms with E-state index >= 15 is 0 Å². The molecule has 0 saturated carbocycles. The van der Waals surface area contributed by atoms with Gasteiger partial charge in [0, 0.05) is 11.4 Å². The van der Waals surface area contributed by atoms with Gasteiger partial charge in [0.1, 0.15) is 0 Å². The maximum Gasteiger partial charge on any atom is 0.0815 e. The zero-order chi connectivity index (χ0) is 13.5. The molecule has 0 spiro atoms. The van der Waals surface area contributed by atoms with Crippen molar-refractivity contribution in [1.29, 1.82) is 0 Å². The van der Waals surface area contributed by atoms with Crippen LogP contribution in [0.25, 0.3) is 0 Å². The van der Waals surface area contributed by atoms with Gasteiger partial charge in [-0.3, -0.25) is 0 Å². The van der Waals surface area contributed by atoms with Crippen LogP contribution in [-0.2, 0) is 4.74 Å². The van der Waals surface area contributed by atoms with E-state index in [0.717, 1.165) is 5.56 Å². The van der Waals surface area contributed by atoms with Crippen molar-refractivity contribution in [2.45, 2.75) is 30.9 Å². The molecular formula is C13H18Cl2O3. The summed E-state index contributed by atoms with van der Waals surface area (Å²) in [6, 6.07) is 7.06. The molecule has 0 aliphatic rings. The van der Waals surface area contributed by atoms with Crippen LogP contribution in [0.3, 0.4) is 0 Å². The van der Waals surface area contributed by atoms with Gasteiger partial charge in [-0.15, -0.1) is 11.6 Å². The molecule has 0 aliphatic heterocycles. The predicted molar refractivity (Wildman–Crippen MR) is 73.2 cm³/mol. The molecular weight excluding hydrogens is 275 g/mol. The minimum atomic E-state index is -0.686. The SMILES string of the molecule is CC(Cl)[C@H](CC(O)c1cccc(Cl)c1)OCCO. The largest absolute Gasteiger partial charge is 0.394 e. The van der Waals surface area contributed by atoms with Gasteiger partial charge in [-0.05, 0) is 24.6 Å². The Morgan fingerprint density at radius 1 is 1.39 bits per heavy atom. The Morgan fingerprint density at radius 3 is 2.67 bits per heavy atom. The van der Waals surface area contributed by atoms with Gasteiger partial charge < -0.3 is 14.9 Å². The van der Waals surface area contributed by atoms with Crippen LogP contribution in [0.2, 0.25) is 5.02 Å². The molecule has 1 aromatic carbocycles. The highest BCUT2D eigenvalue weighted by atomic mass is 35.5. The summed E-state index contributed by atoms with van der Waals surface area (Å²) in [7, 11) is 0. The number of aliphatic hydroxyl groups is 2. The van der Waals surface area contributed by atoms with Crippen LogP contribution in [0.1, 0.15) is 25.0 Å². The average molecular weight is 293 g/mol. The monoisotopic (exact) mass is 292 g/mol. The molecule has 3 nitrogen and oxygen atoms in total. The first-order valence-electron chi connectivity index (χ1n) is 5.84. The number of hydrogen-bond donors (Lipinski definition) is 2. The van der Waals surface area contributed by atoms with E-state index in [4.69, 9.17) is 33.0 Å². The van der Waals surface area contributed by atoms with Gasteiger partial charge in [-0.1, -0.05) is 23.7 Å². The number of halogens is 2. The Hall–Kier alpha value is -0.320. The molecule has 0 radical (unpaired) electrons. The minimum absolute atomic E-state index is 0.0621. The zero-order valence-corrected chi connectivity index (χ0v) is 11.7. The standard InChI is InChI=1S/C13H18Cl2O3/c1-9(14)13(18-6-5-16)8-12(17)10-3-2-4-11(15)7-10/h2-4,7,9,12-13,16-17H,5-6,8H2,1H3/t9?,12?,13-/m0/s1. The summed E-state index contributed by atoms with van der Waals surface area (Å²) in [6.45, 7) is 1.95. The predicted octanol–water partition coefficient (Wildman–Crippen LogP) is 2.77. The first-order valence-corrected chi connectivity index (χ1v) is 6.66. The van der Waals surface area contributed by atoms with Gasteiger partial charge in [0.25, 0.3) is 0 Å². The van der Waals surface area contributed by atoms with Gasteiger partial charge >= 0.3 is 0 Å². The van der Waals surface area contributed by atoms with Crippen molar-refractivity contribution in [3.05, 3.63) is 34.9 Å². The number of benzene rings is 1. The molecule has 1 aromatic rings. The highest BCUT2D eigenvalue weighted by Crippen LogP contribution is 2.24. The lowest BCUT2D eigenvalue weighted by Crippen LogP contribution is -2.26. The number of aliphatic hydroxyl groups excluding tert-OH is 2. The Balaban J connectivity index is 2.63. The highest BCUT2D eigenvalue weighted by Gasteiger charge is 2.21. The van der Waals surface area contributed by atoms with Gasteiger partial charge in [-0.25, -0.2) is 0 Å². The van der Waals surface area contributed by atoms with Crippen molar-refractivity contribution in [3.8, 4) is 0 Å². The number of ether oxygens (including phenoxy) is 1. The van der Waals surface area contributed by atoms with Crippen LogP contribution < -0.4 is 0 Å². The molecule has 1 rings (SSSR count). The van der Waals surface area contributed by atoms with E-state index < -0.39 is 6.10 Å². The smallest absolute Gasteiger partial charge is 0.0815 e. The van der Waals surface area contributed by atoms with E-state index in [1.165, 1.54) is 0 Å². The van der Waals surface area contributed by atoms with Crippen molar-refractivity contribution >= 4 is 23.2 Å².